The molecule has 8 nitrogen and oxygen atoms in total. The Morgan fingerprint density at radius 1 is 0.750 bits per heavy atom. The van der Waals surface area contributed by atoms with Crippen molar-refractivity contribution in [1.82, 2.24) is 4.98 Å². The zero-order valence-electron chi connectivity index (χ0n) is 20.7. The number of para-hydroxylation sites is 1. The molecule has 9 heteroatoms. The maximum Gasteiger partial charge on any atom is 0.294 e. The SMILES string of the molecule is O=C(Nc1cccc2ccc(C3C(=O)c4ccccc4C3=O)nc12)c1cc(-c2ccccc2)cc(S(=O)(=O)O)c1. The fraction of sp³-hybridized carbons (Fsp3) is 0.0323. The Balaban J connectivity index is 1.39. The van der Waals surface area contributed by atoms with Crippen molar-refractivity contribution in [3.63, 3.8) is 0 Å². The summed E-state index contributed by atoms with van der Waals surface area (Å²) in [6.07, 6.45) is 0. The zero-order chi connectivity index (χ0) is 28.0. The van der Waals surface area contributed by atoms with E-state index in [1.165, 1.54) is 12.1 Å². The molecule has 1 aliphatic rings. The van der Waals surface area contributed by atoms with E-state index in [1.807, 2.05) is 0 Å². The van der Waals surface area contributed by atoms with Crippen molar-refractivity contribution in [2.75, 3.05) is 5.32 Å². The standard InChI is InChI=1S/C31H20N2O6S/c34-29-23-10-4-5-11-24(23)30(35)27(29)25-14-13-19-9-6-12-26(28(19)32-25)33-31(36)21-15-20(18-7-2-1-3-8-18)16-22(17-21)40(37,38)39/h1-17,27H,(H,33,36)(H,37,38,39). The number of fused-ring (bicyclic) bond motifs is 2. The normalized spacial score (nSPS) is 13.4. The number of anilines is 1. The van der Waals surface area contributed by atoms with Crippen LogP contribution >= 0.6 is 0 Å². The maximum atomic E-state index is 13.4. The number of rotatable bonds is 5. The van der Waals surface area contributed by atoms with Gasteiger partial charge in [-0.05, 0) is 41.5 Å². The molecule has 0 unspecified atom stereocenters. The molecule has 196 valence electrons. The molecular formula is C31H20N2O6S. The van der Waals surface area contributed by atoms with E-state index in [0.717, 1.165) is 6.07 Å². The van der Waals surface area contributed by atoms with Gasteiger partial charge in [0, 0.05) is 22.1 Å². The summed E-state index contributed by atoms with van der Waals surface area (Å²) < 4.78 is 33.7. The van der Waals surface area contributed by atoms with Crippen LogP contribution in [-0.4, -0.2) is 35.4 Å². The Hall–Kier alpha value is -4.99. The number of amides is 1. The molecule has 0 saturated carbocycles. The molecule has 0 bridgehead atoms. The van der Waals surface area contributed by atoms with Gasteiger partial charge in [0.05, 0.1) is 21.8 Å². The third-order valence-electron chi connectivity index (χ3n) is 6.84. The lowest BCUT2D eigenvalue weighted by Gasteiger charge is -2.13. The molecule has 40 heavy (non-hydrogen) atoms. The summed E-state index contributed by atoms with van der Waals surface area (Å²) in [4.78, 5) is 43.7. The van der Waals surface area contributed by atoms with E-state index < -0.39 is 26.8 Å². The summed E-state index contributed by atoms with van der Waals surface area (Å²) in [6, 6.07) is 27.9. The highest BCUT2D eigenvalue weighted by Crippen LogP contribution is 2.35. The Labute approximate surface area is 229 Å². The van der Waals surface area contributed by atoms with Crippen LogP contribution in [0.2, 0.25) is 0 Å². The first-order valence-corrected chi connectivity index (χ1v) is 13.7. The molecule has 2 N–H and O–H groups in total. The van der Waals surface area contributed by atoms with E-state index in [4.69, 9.17) is 0 Å². The fourth-order valence-corrected chi connectivity index (χ4v) is 5.46. The lowest BCUT2D eigenvalue weighted by Crippen LogP contribution is -2.16. The quantitative estimate of drug-likeness (QED) is 0.217. The van der Waals surface area contributed by atoms with Crippen LogP contribution in [-0.2, 0) is 10.1 Å². The van der Waals surface area contributed by atoms with E-state index in [9.17, 15) is 27.4 Å². The second kappa shape index (κ2) is 9.64. The first-order chi connectivity index (χ1) is 19.2. The van der Waals surface area contributed by atoms with Crippen molar-refractivity contribution in [2.45, 2.75) is 10.8 Å². The number of benzene rings is 4. The minimum atomic E-state index is -4.60. The number of pyridine rings is 1. The molecule has 0 spiro atoms. The zero-order valence-corrected chi connectivity index (χ0v) is 21.6. The van der Waals surface area contributed by atoms with E-state index >= 15 is 0 Å². The topological polar surface area (TPSA) is 130 Å². The number of nitrogens with one attached hydrogen (secondary N) is 1. The minimum Gasteiger partial charge on any atom is -0.320 e. The van der Waals surface area contributed by atoms with Gasteiger partial charge in [-0.1, -0.05) is 72.8 Å². The molecule has 0 aliphatic heterocycles. The number of aromatic nitrogens is 1. The summed E-state index contributed by atoms with van der Waals surface area (Å²) in [5.74, 6) is -2.37. The molecule has 1 heterocycles. The van der Waals surface area contributed by atoms with E-state index in [-0.39, 0.29) is 22.8 Å². The molecule has 0 saturated heterocycles. The van der Waals surface area contributed by atoms with Crippen molar-refractivity contribution in [2.24, 2.45) is 0 Å². The van der Waals surface area contributed by atoms with Gasteiger partial charge in [-0.15, -0.1) is 0 Å². The van der Waals surface area contributed by atoms with Gasteiger partial charge in [0.25, 0.3) is 16.0 Å². The molecule has 1 aromatic heterocycles. The van der Waals surface area contributed by atoms with Crippen LogP contribution in [0.25, 0.3) is 22.0 Å². The summed E-state index contributed by atoms with van der Waals surface area (Å²) in [5, 5.41) is 3.43. The fourth-order valence-electron chi connectivity index (χ4n) is 4.91. The highest BCUT2D eigenvalue weighted by Gasteiger charge is 2.40. The molecule has 5 aromatic rings. The number of carbonyl (C=O) groups excluding carboxylic acids is 3. The molecule has 6 rings (SSSR count). The van der Waals surface area contributed by atoms with Gasteiger partial charge in [0.15, 0.2) is 11.6 Å². The van der Waals surface area contributed by atoms with E-state index in [1.54, 1.807) is 84.9 Å². The van der Waals surface area contributed by atoms with Gasteiger partial charge in [-0.25, -0.2) is 4.98 Å². The van der Waals surface area contributed by atoms with Crippen LogP contribution in [0, 0.1) is 0 Å². The van der Waals surface area contributed by atoms with Gasteiger partial charge < -0.3 is 5.32 Å². The van der Waals surface area contributed by atoms with Crippen molar-refractivity contribution < 1.29 is 27.4 Å². The number of ketones is 2. The van der Waals surface area contributed by atoms with E-state index in [2.05, 4.69) is 10.3 Å². The number of hydrogen-bond donors (Lipinski definition) is 2. The van der Waals surface area contributed by atoms with Crippen molar-refractivity contribution >= 4 is 44.2 Å². The second-order valence-corrected chi connectivity index (χ2v) is 10.8. The van der Waals surface area contributed by atoms with Crippen LogP contribution in [0.5, 0.6) is 0 Å². The molecular weight excluding hydrogens is 528 g/mol. The highest BCUT2D eigenvalue weighted by molar-refractivity contribution is 7.85. The molecule has 1 amide bonds. The predicted molar refractivity (Wildman–Crippen MR) is 149 cm³/mol. The third kappa shape index (κ3) is 4.47. The Bertz CT molecular complexity index is 1930. The van der Waals surface area contributed by atoms with Crippen molar-refractivity contribution in [3.05, 3.63) is 126 Å². The van der Waals surface area contributed by atoms with Crippen LogP contribution < -0.4 is 5.32 Å². The second-order valence-electron chi connectivity index (χ2n) is 9.36. The van der Waals surface area contributed by atoms with Crippen molar-refractivity contribution in [3.8, 4) is 11.1 Å². The van der Waals surface area contributed by atoms with Gasteiger partial charge >= 0.3 is 0 Å². The first-order valence-electron chi connectivity index (χ1n) is 12.3. The van der Waals surface area contributed by atoms with Gasteiger partial charge in [-0.2, -0.15) is 8.42 Å². The van der Waals surface area contributed by atoms with Gasteiger partial charge in [-0.3, -0.25) is 18.9 Å². The highest BCUT2D eigenvalue weighted by atomic mass is 32.2. The summed E-state index contributed by atoms with van der Waals surface area (Å²) in [5.41, 5.74) is 2.72. The summed E-state index contributed by atoms with van der Waals surface area (Å²) >= 11 is 0. The average Bonchev–Trinajstić information content (AvgIpc) is 3.22. The number of Topliss-reactive ketones (excluding diaryl/α,β-unsaturated/α-hetero) is 2. The van der Waals surface area contributed by atoms with Crippen LogP contribution in [0.15, 0.2) is 108 Å². The Morgan fingerprint density at radius 3 is 2.10 bits per heavy atom. The average molecular weight is 549 g/mol. The van der Waals surface area contributed by atoms with E-state index in [0.29, 0.717) is 38.8 Å². The molecule has 0 fully saturated rings. The summed E-state index contributed by atoms with van der Waals surface area (Å²) in [7, 11) is -4.60. The Kier molecular flexibility index (Phi) is 6.10. The third-order valence-corrected chi connectivity index (χ3v) is 7.67. The predicted octanol–water partition coefficient (Wildman–Crippen LogP) is 5.56. The van der Waals surface area contributed by atoms with Crippen molar-refractivity contribution in [1.29, 1.82) is 0 Å². The molecule has 4 aromatic carbocycles. The molecule has 0 radical (unpaired) electrons. The van der Waals surface area contributed by atoms with Crippen LogP contribution in [0.1, 0.15) is 42.7 Å². The first kappa shape index (κ1) is 25.3. The molecule has 0 atom stereocenters. The van der Waals surface area contributed by atoms with Crippen LogP contribution in [0.3, 0.4) is 0 Å². The summed E-state index contributed by atoms with van der Waals surface area (Å²) in [6.45, 7) is 0. The van der Waals surface area contributed by atoms with Gasteiger partial charge in [0.1, 0.15) is 5.92 Å². The molecule has 1 aliphatic carbocycles. The Morgan fingerprint density at radius 2 is 1.43 bits per heavy atom. The smallest absolute Gasteiger partial charge is 0.294 e. The lowest BCUT2D eigenvalue weighted by molar-refractivity contribution is 0.0887. The monoisotopic (exact) mass is 548 g/mol. The number of carbonyl (C=O) groups is 3. The van der Waals surface area contributed by atoms with Crippen LogP contribution in [0.4, 0.5) is 5.69 Å². The minimum absolute atomic E-state index is 0.00117. The number of nitrogens with zero attached hydrogens (tertiary/aromatic N) is 1. The maximum absolute atomic E-state index is 13.4. The van der Waals surface area contributed by atoms with Gasteiger partial charge in [0.2, 0.25) is 0 Å². The largest absolute Gasteiger partial charge is 0.320 e. The number of hydrogen-bond acceptors (Lipinski definition) is 6. The lowest BCUT2D eigenvalue weighted by atomic mass is 9.98.